The average Bonchev–Trinajstić information content (AvgIpc) is 2.56. The van der Waals surface area contributed by atoms with Crippen LogP contribution in [-0.2, 0) is 4.79 Å². The molecule has 0 saturated heterocycles. The van der Waals surface area contributed by atoms with Gasteiger partial charge in [-0.25, -0.2) is 0 Å². The molecule has 0 fully saturated rings. The molecule has 23 heavy (non-hydrogen) atoms. The van der Waals surface area contributed by atoms with Gasteiger partial charge in [-0.2, -0.15) is 0 Å². The van der Waals surface area contributed by atoms with E-state index in [1.54, 1.807) is 25.1 Å². The highest BCUT2D eigenvalue weighted by atomic mass is 35.5. The van der Waals surface area contributed by atoms with Crippen LogP contribution in [0.4, 0.5) is 5.69 Å². The zero-order chi connectivity index (χ0) is 16.7. The zero-order valence-electron chi connectivity index (χ0n) is 12.9. The van der Waals surface area contributed by atoms with E-state index in [9.17, 15) is 4.79 Å². The highest BCUT2D eigenvalue weighted by Gasteiger charge is 2.11. The van der Waals surface area contributed by atoms with Crippen molar-refractivity contribution in [3.63, 3.8) is 0 Å². The largest absolute Gasteiger partial charge is 0.456 e. The van der Waals surface area contributed by atoms with Crippen LogP contribution in [0.15, 0.2) is 61.2 Å². The number of halogens is 1. The van der Waals surface area contributed by atoms with Crippen molar-refractivity contribution in [2.45, 2.75) is 13.0 Å². The van der Waals surface area contributed by atoms with Crippen LogP contribution < -0.4 is 15.4 Å². The van der Waals surface area contributed by atoms with E-state index in [2.05, 4.69) is 17.2 Å². The first-order valence-corrected chi connectivity index (χ1v) is 7.65. The van der Waals surface area contributed by atoms with Crippen molar-refractivity contribution in [3.8, 4) is 11.5 Å². The second-order valence-corrected chi connectivity index (χ2v) is 5.36. The number of carbonyl (C=O) groups excluding carboxylic acids is 1. The molecule has 0 heterocycles. The number of hydrogen-bond donors (Lipinski definition) is 2. The summed E-state index contributed by atoms with van der Waals surface area (Å²) in [5, 5.41) is 6.43. The van der Waals surface area contributed by atoms with Gasteiger partial charge in [0.1, 0.15) is 17.5 Å². The van der Waals surface area contributed by atoms with E-state index in [0.717, 1.165) is 5.69 Å². The van der Waals surface area contributed by atoms with Crippen LogP contribution in [0.2, 0.25) is 5.02 Å². The smallest absolute Gasteiger partial charge is 0.242 e. The third kappa shape index (κ3) is 5.04. The van der Waals surface area contributed by atoms with Gasteiger partial charge in [-0.3, -0.25) is 4.79 Å². The number of anilines is 1. The summed E-state index contributed by atoms with van der Waals surface area (Å²) in [5.74, 6) is 1.20. The van der Waals surface area contributed by atoms with Crippen LogP contribution in [0, 0.1) is 0 Å². The fraction of sp³-hybridized carbons (Fsp3) is 0.167. The maximum atomic E-state index is 11.8. The van der Waals surface area contributed by atoms with Crippen molar-refractivity contribution >= 4 is 23.2 Å². The number of para-hydroxylation sites is 1. The van der Waals surface area contributed by atoms with E-state index in [-0.39, 0.29) is 11.9 Å². The van der Waals surface area contributed by atoms with Crippen LogP contribution in [0.1, 0.15) is 6.92 Å². The lowest BCUT2D eigenvalue weighted by Crippen LogP contribution is -2.37. The summed E-state index contributed by atoms with van der Waals surface area (Å²) in [6, 6.07) is 14.3. The normalized spacial score (nSPS) is 11.4. The Hall–Kier alpha value is -2.46. The van der Waals surface area contributed by atoms with E-state index < -0.39 is 0 Å². The molecule has 120 valence electrons. The summed E-state index contributed by atoms with van der Waals surface area (Å²) in [6.07, 6.45) is 1.64. The van der Waals surface area contributed by atoms with Gasteiger partial charge in [0.2, 0.25) is 5.91 Å². The Labute approximate surface area is 141 Å². The van der Waals surface area contributed by atoms with Crippen molar-refractivity contribution in [3.05, 3.63) is 66.2 Å². The minimum Gasteiger partial charge on any atom is -0.456 e. The van der Waals surface area contributed by atoms with Crippen molar-refractivity contribution < 1.29 is 9.53 Å². The maximum Gasteiger partial charge on any atom is 0.242 e. The van der Waals surface area contributed by atoms with Crippen LogP contribution in [-0.4, -0.2) is 18.5 Å². The molecule has 0 spiro atoms. The highest BCUT2D eigenvalue weighted by molar-refractivity contribution is 6.32. The maximum absolute atomic E-state index is 11.8. The molecule has 5 heteroatoms. The third-order valence-electron chi connectivity index (χ3n) is 3.12. The molecule has 0 unspecified atom stereocenters. The lowest BCUT2D eigenvalue weighted by Gasteiger charge is -2.15. The molecule has 1 atom stereocenters. The fourth-order valence-corrected chi connectivity index (χ4v) is 2.09. The number of hydrogen-bond acceptors (Lipinski definition) is 3. The van der Waals surface area contributed by atoms with Gasteiger partial charge in [-0.05, 0) is 43.3 Å². The topological polar surface area (TPSA) is 50.4 Å². The van der Waals surface area contributed by atoms with E-state index in [1.807, 2.05) is 36.4 Å². The van der Waals surface area contributed by atoms with Crippen LogP contribution in [0.25, 0.3) is 0 Å². The van der Waals surface area contributed by atoms with Crippen LogP contribution in [0.5, 0.6) is 11.5 Å². The average molecular weight is 331 g/mol. The molecule has 2 aromatic rings. The van der Waals surface area contributed by atoms with Crippen LogP contribution in [0.3, 0.4) is 0 Å². The third-order valence-corrected chi connectivity index (χ3v) is 3.43. The summed E-state index contributed by atoms with van der Waals surface area (Å²) < 4.78 is 5.72. The zero-order valence-corrected chi connectivity index (χ0v) is 13.6. The van der Waals surface area contributed by atoms with E-state index in [4.69, 9.17) is 16.3 Å². The number of carbonyl (C=O) groups is 1. The van der Waals surface area contributed by atoms with Gasteiger partial charge in [-0.1, -0.05) is 29.8 Å². The summed E-state index contributed by atoms with van der Waals surface area (Å²) >= 11 is 6.06. The second-order valence-electron chi connectivity index (χ2n) is 4.96. The van der Waals surface area contributed by atoms with Gasteiger partial charge in [-0.15, -0.1) is 6.58 Å². The lowest BCUT2D eigenvalue weighted by molar-refractivity contribution is -0.121. The standard InChI is InChI=1S/C18H19ClN2O2/c1-3-12-20-18(22)13(2)21-14-8-10-15(11-9-14)23-17-7-5-4-6-16(17)19/h3-11,13,21H,1,12H2,2H3,(H,20,22)/t13-/m1/s1. The molecule has 0 aliphatic rings. The molecule has 0 aliphatic carbocycles. The Bertz CT molecular complexity index is 671. The minimum absolute atomic E-state index is 0.0821. The lowest BCUT2D eigenvalue weighted by atomic mass is 10.2. The van der Waals surface area contributed by atoms with E-state index in [1.165, 1.54) is 0 Å². The summed E-state index contributed by atoms with van der Waals surface area (Å²) in [6.45, 7) is 5.82. The first kappa shape index (κ1) is 16.9. The molecular weight excluding hydrogens is 312 g/mol. The molecular formula is C18H19ClN2O2. The van der Waals surface area contributed by atoms with Gasteiger partial charge in [0.25, 0.3) is 0 Å². The Kier molecular flexibility index (Phi) is 6.06. The predicted molar refractivity (Wildman–Crippen MR) is 94.3 cm³/mol. The van der Waals surface area contributed by atoms with Crippen molar-refractivity contribution in [2.75, 3.05) is 11.9 Å². The molecule has 0 aliphatic heterocycles. The first-order chi connectivity index (χ1) is 11.1. The van der Waals surface area contributed by atoms with Gasteiger partial charge in [0, 0.05) is 12.2 Å². The highest BCUT2D eigenvalue weighted by Crippen LogP contribution is 2.29. The molecule has 1 amide bonds. The van der Waals surface area contributed by atoms with Crippen molar-refractivity contribution in [1.29, 1.82) is 0 Å². The van der Waals surface area contributed by atoms with Gasteiger partial charge < -0.3 is 15.4 Å². The van der Waals surface area contributed by atoms with Crippen molar-refractivity contribution in [1.82, 2.24) is 5.32 Å². The molecule has 2 N–H and O–H groups in total. The van der Waals surface area contributed by atoms with Gasteiger partial charge in [0.15, 0.2) is 0 Å². The first-order valence-electron chi connectivity index (χ1n) is 7.27. The molecule has 4 nitrogen and oxygen atoms in total. The number of ether oxygens (including phenoxy) is 1. The summed E-state index contributed by atoms with van der Waals surface area (Å²) in [7, 11) is 0. The van der Waals surface area contributed by atoms with E-state index in [0.29, 0.717) is 23.1 Å². The minimum atomic E-state index is -0.342. The van der Waals surface area contributed by atoms with Crippen molar-refractivity contribution in [2.24, 2.45) is 0 Å². The SMILES string of the molecule is C=CCNC(=O)[C@@H](C)Nc1ccc(Oc2ccccc2Cl)cc1. The predicted octanol–water partition coefficient (Wildman–Crippen LogP) is 4.23. The molecule has 0 saturated carbocycles. The Morgan fingerprint density at radius 1 is 1.26 bits per heavy atom. The number of benzene rings is 2. The number of nitrogens with one attached hydrogen (secondary N) is 2. The van der Waals surface area contributed by atoms with E-state index >= 15 is 0 Å². The number of amides is 1. The number of rotatable bonds is 7. The Morgan fingerprint density at radius 2 is 1.96 bits per heavy atom. The van der Waals surface area contributed by atoms with Gasteiger partial charge >= 0.3 is 0 Å². The van der Waals surface area contributed by atoms with Crippen LogP contribution >= 0.6 is 11.6 Å². The molecule has 0 radical (unpaired) electrons. The molecule has 0 aromatic heterocycles. The quantitative estimate of drug-likeness (QED) is 0.747. The van der Waals surface area contributed by atoms with Gasteiger partial charge in [0.05, 0.1) is 5.02 Å². The summed E-state index contributed by atoms with van der Waals surface area (Å²) in [4.78, 5) is 11.8. The second kappa shape index (κ2) is 8.25. The Balaban J connectivity index is 1.95. The molecule has 0 bridgehead atoms. The monoisotopic (exact) mass is 330 g/mol. The molecule has 2 rings (SSSR count). The molecule has 2 aromatic carbocycles. The Morgan fingerprint density at radius 3 is 2.61 bits per heavy atom. The summed E-state index contributed by atoms with van der Waals surface area (Å²) in [5.41, 5.74) is 0.831. The fourth-order valence-electron chi connectivity index (χ4n) is 1.92.